The molecule has 0 heterocycles. The van der Waals surface area contributed by atoms with E-state index in [0.29, 0.717) is 0 Å². The lowest BCUT2D eigenvalue weighted by molar-refractivity contribution is -0.108. The van der Waals surface area contributed by atoms with Crippen LogP contribution in [0.1, 0.15) is 24.5 Å². The van der Waals surface area contributed by atoms with Gasteiger partial charge in [0.05, 0.1) is 12.7 Å². The molecule has 1 aromatic carbocycles. The Morgan fingerprint density at radius 3 is 2.61 bits per heavy atom. The number of aliphatic hydroxyl groups excluding tert-OH is 1. The fraction of sp³-hybridized carbons (Fsp3) is 0.538. The lowest BCUT2D eigenvalue weighted by Crippen LogP contribution is -2.23. The number of methoxy groups -OCH3 is 1. The highest BCUT2D eigenvalue weighted by Crippen LogP contribution is 2.56. The van der Waals surface area contributed by atoms with Crippen LogP contribution in [0.25, 0.3) is 0 Å². The first-order valence-corrected chi connectivity index (χ1v) is 5.79. The Kier molecular flexibility index (Phi) is 3.94. The Labute approximate surface area is 104 Å². The summed E-state index contributed by atoms with van der Waals surface area (Å²) in [5, 5.41) is 9.42. The van der Waals surface area contributed by atoms with Crippen molar-refractivity contribution in [2.45, 2.75) is 18.9 Å². The van der Waals surface area contributed by atoms with E-state index in [9.17, 15) is 13.9 Å². The SMILES string of the molecule is COCOC(c1ccc(F)cc1F)C1(CO)CC1. The second-order valence-corrected chi connectivity index (χ2v) is 4.64. The number of hydrogen-bond acceptors (Lipinski definition) is 3. The van der Waals surface area contributed by atoms with Gasteiger partial charge in [-0.15, -0.1) is 0 Å². The van der Waals surface area contributed by atoms with Crippen LogP contribution in [0.3, 0.4) is 0 Å². The zero-order valence-corrected chi connectivity index (χ0v) is 10.2. The van der Waals surface area contributed by atoms with E-state index in [1.807, 2.05) is 0 Å². The van der Waals surface area contributed by atoms with Gasteiger partial charge < -0.3 is 14.6 Å². The minimum Gasteiger partial charge on any atom is -0.396 e. The number of aliphatic hydroxyl groups is 1. The summed E-state index contributed by atoms with van der Waals surface area (Å²) in [7, 11) is 1.47. The maximum Gasteiger partial charge on any atom is 0.147 e. The van der Waals surface area contributed by atoms with Crippen LogP contribution >= 0.6 is 0 Å². The smallest absolute Gasteiger partial charge is 0.147 e. The molecule has 0 bridgehead atoms. The fourth-order valence-corrected chi connectivity index (χ4v) is 2.11. The number of benzene rings is 1. The predicted octanol–water partition coefficient (Wildman–Crippen LogP) is 2.40. The minimum absolute atomic E-state index is 0.00321. The van der Waals surface area contributed by atoms with Crippen molar-refractivity contribution in [2.75, 3.05) is 20.5 Å². The van der Waals surface area contributed by atoms with Crippen LogP contribution in [0.2, 0.25) is 0 Å². The summed E-state index contributed by atoms with van der Waals surface area (Å²) in [6.45, 7) is -0.0819. The second-order valence-electron chi connectivity index (χ2n) is 4.64. The van der Waals surface area contributed by atoms with E-state index in [1.54, 1.807) is 0 Å². The van der Waals surface area contributed by atoms with Crippen molar-refractivity contribution in [3.05, 3.63) is 35.4 Å². The zero-order valence-electron chi connectivity index (χ0n) is 10.2. The molecule has 18 heavy (non-hydrogen) atoms. The van der Waals surface area contributed by atoms with Gasteiger partial charge >= 0.3 is 0 Å². The molecule has 1 saturated carbocycles. The van der Waals surface area contributed by atoms with Crippen molar-refractivity contribution in [1.82, 2.24) is 0 Å². The largest absolute Gasteiger partial charge is 0.396 e. The molecule has 1 aromatic rings. The van der Waals surface area contributed by atoms with Gasteiger partial charge in [0.25, 0.3) is 0 Å². The van der Waals surface area contributed by atoms with Crippen molar-refractivity contribution < 1.29 is 23.4 Å². The lowest BCUT2D eigenvalue weighted by Gasteiger charge is -2.26. The third kappa shape index (κ3) is 2.53. The quantitative estimate of drug-likeness (QED) is 0.796. The Bertz CT molecular complexity index is 419. The van der Waals surface area contributed by atoms with Gasteiger partial charge in [-0.1, -0.05) is 6.07 Å². The molecule has 1 aliphatic rings. The normalized spacial score (nSPS) is 18.7. The third-order valence-electron chi connectivity index (χ3n) is 3.36. The average Bonchev–Trinajstić information content (AvgIpc) is 3.13. The van der Waals surface area contributed by atoms with E-state index in [0.717, 1.165) is 18.9 Å². The molecular formula is C13H16F2O3. The summed E-state index contributed by atoms with van der Waals surface area (Å²) in [6, 6.07) is 3.38. The van der Waals surface area contributed by atoms with E-state index < -0.39 is 23.2 Å². The number of halogens is 2. The molecule has 0 saturated heterocycles. The molecule has 0 aromatic heterocycles. The standard InChI is InChI=1S/C13H16F2O3/c1-17-8-18-12(13(7-16)4-5-13)10-3-2-9(14)6-11(10)15/h2-3,6,12,16H,4-5,7-8H2,1H3. The van der Waals surface area contributed by atoms with Crippen molar-refractivity contribution in [3.63, 3.8) is 0 Å². The van der Waals surface area contributed by atoms with Gasteiger partial charge in [-0.3, -0.25) is 0 Å². The molecule has 5 heteroatoms. The zero-order chi connectivity index (χ0) is 13.2. The van der Waals surface area contributed by atoms with Gasteiger partial charge in [-0.05, 0) is 18.9 Å². The lowest BCUT2D eigenvalue weighted by atomic mass is 9.93. The summed E-state index contributed by atoms with van der Waals surface area (Å²) >= 11 is 0. The first kappa shape index (κ1) is 13.4. The topological polar surface area (TPSA) is 38.7 Å². The van der Waals surface area contributed by atoms with Crippen LogP contribution in [0.15, 0.2) is 18.2 Å². The molecule has 1 atom stereocenters. The Hall–Kier alpha value is -1.04. The Morgan fingerprint density at radius 1 is 1.39 bits per heavy atom. The molecule has 0 amide bonds. The van der Waals surface area contributed by atoms with Crippen molar-refractivity contribution >= 4 is 0 Å². The predicted molar refractivity (Wildman–Crippen MR) is 60.8 cm³/mol. The average molecular weight is 258 g/mol. The molecular weight excluding hydrogens is 242 g/mol. The van der Waals surface area contributed by atoms with Gasteiger partial charge in [0.1, 0.15) is 18.4 Å². The molecule has 1 aliphatic carbocycles. The third-order valence-corrected chi connectivity index (χ3v) is 3.36. The monoisotopic (exact) mass is 258 g/mol. The van der Waals surface area contributed by atoms with Crippen LogP contribution in [0.4, 0.5) is 8.78 Å². The first-order chi connectivity index (χ1) is 8.63. The highest BCUT2D eigenvalue weighted by atomic mass is 19.1. The summed E-state index contributed by atoms with van der Waals surface area (Å²) in [4.78, 5) is 0. The summed E-state index contributed by atoms with van der Waals surface area (Å²) in [5.41, 5.74) is -0.197. The van der Waals surface area contributed by atoms with Crippen LogP contribution in [0.5, 0.6) is 0 Å². The van der Waals surface area contributed by atoms with E-state index in [1.165, 1.54) is 19.2 Å². The fourth-order valence-electron chi connectivity index (χ4n) is 2.11. The molecule has 1 N–H and O–H groups in total. The van der Waals surface area contributed by atoms with Crippen molar-refractivity contribution in [3.8, 4) is 0 Å². The van der Waals surface area contributed by atoms with Crippen LogP contribution in [-0.4, -0.2) is 25.6 Å². The van der Waals surface area contributed by atoms with E-state index in [4.69, 9.17) is 9.47 Å². The number of ether oxygens (including phenoxy) is 2. The van der Waals surface area contributed by atoms with Crippen molar-refractivity contribution in [2.24, 2.45) is 5.41 Å². The van der Waals surface area contributed by atoms with E-state index >= 15 is 0 Å². The Morgan fingerprint density at radius 2 is 2.11 bits per heavy atom. The molecule has 1 unspecified atom stereocenters. The summed E-state index contributed by atoms with van der Waals surface area (Å²) < 4.78 is 37.0. The number of hydrogen-bond donors (Lipinski definition) is 1. The Balaban J connectivity index is 2.28. The summed E-state index contributed by atoms with van der Waals surface area (Å²) in [6.07, 6.45) is 0.909. The van der Waals surface area contributed by atoms with Gasteiger partial charge in [0.15, 0.2) is 0 Å². The van der Waals surface area contributed by atoms with E-state index in [-0.39, 0.29) is 19.0 Å². The molecule has 0 radical (unpaired) electrons. The van der Waals surface area contributed by atoms with Gasteiger partial charge in [-0.2, -0.15) is 0 Å². The van der Waals surface area contributed by atoms with Crippen molar-refractivity contribution in [1.29, 1.82) is 0 Å². The van der Waals surface area contributed by atoms with Crippen LogP contribution in [-0.2, 0) is 9.47 Å². The molecule has 2 rings (SSSR count). The van der Waals surface area contributed by atoms with Crippen LogP contribution < -0.4 is 0 Å². The molecule has 100 valence electrons. The molecule has 3 nitrogen and oxygen atoms in total. The second kappa shape index (κ2) is 5.30. The van der Waals surface area contributed by atoms with Gasteiger partial charge in [-0.25, -0.2) is 8.78 Å². The van der Waals surface area contributed by atoms with E-state index in [2.05, 4.69) is 0 Å². The van der Waals surface area contributed by atoms with Crippen LogP contribution in [0, 0.1) is 17.0 Å². The first-order valence-electron chi connectivity index (χ1n) is 5.79. The minimum atomic E-state index is -0.657. The van der Waals surface area contributed by atoms with Gasteiger partial charge in [0, 0.05) is 24.2 Å². The highest BCUT2D eigenvalue weighted by molar-refractivity contribution is 5.25. The maximum absolute atomic E-state index is 13.8. The number of rotatable bonds is 6. The highest BCUT2D eigenvalue weighted by Gasteiger charge is 2.51. The van der Waals surface area contributed by atoms with Gasteiger partial charge in [0.2, 0.25) is 0 Å². The maximum atomic E-state index is 13.8. The molecule has 0 aliphatic heterocycles. The summed E-state index contributed by atoms with van der Waals surface area (Å²) in [5.74, 6) is -1.29. The molecule has 0 spiro atoms. The molecule has 1 fully saturated rings.